The molecule has 1 N–H and O–H groups in total. The lowest BCUT2D eigenvalue weighted by atomic mass is 10.1. The lowest BCUT2D eigenvalue weighted by molar-refractivity contribution is -0.286. The van der Waals surface area contributed by atoms with E-state index >= 15 is 0 Å². The van der Waals surface area contributed by atoms with Gasteiger partial charge in [0.15, 0.2) is 11.5 Å². The first-order valence-electron chi connectivity index (χ1n) is 8.41. The van der Waals surface area contributed by atoms with Crippen LogP contribution in [-0.2, 0) is 9.59 Å². The number of carbonyl (C=O) groups is 2. The van der Waals surface area contributed by atoms with E-state index in [1.807, 2.05) is 4.90 Å². The monoisotopic (exact) mass is 352 g/mol. The first-order chi connectivity index (χ1) is 11.9. The third-order valence-electron chi connectivity index (χ3n) is 4.96. The van der Waals surface area contributed by atoms with Gasteiger partial charge in [-0.3, -0.25) is 9.59 Å². The van der Waals surface area contributed by atoms with Gasteiger partial charge in [0.2, 0.25) is 11.8 Å². The van der Waals surface area contributed by atoms with E-state index < -0.39 is 12.2 Å². The van der Waals surface area contributed by atoms with Crippen LogP contribution in [0.2, 0.25) is 0 Å². The molecule has 8 heteroatoms. The van der Waals surface area contributed by atoms with Crippen molar-refractivity contribution in [1.29, 1.82) is 0 Å². The van der Waals surface area contributed by atoms with E-state index in [9.17, 15) is 18.4 Å². The Morgan fingerprint density at radius 2 is 1.92 bits per heavy atom. The second-order valence-electron chi connectivity index (χ2n) is 6.70. The average molecular weight is 352 g/mol. The Morgan fingerprint density at radius 1 is 1.20 bits per heavy atom. The number of rotatable bonds is 3. The van der Waals surface area contributed by atoms with E-state index in [-0.39, 0.29) is 35.8 Å². The molecular formula is C17H18F2N2O4. The fraction of sp³-hybridized carbons (Fsp3) is 0.529. The number of benzene rings is 1. The van der Waals surface area contributed by atoms with E-state index in [2.05, 4.69) is 14.8 Å². The van der Waals surface area contributed by atoms with E-state index in [0.717, 1.165) is 25.7 Å². The molecular weight excluding hydrogens is 334 g/mol. The van der Waals surface area contributed by atoms with Crippen molar-refractivity contribution >= 4 is 17.5 Å². The van der Waals surface area contributed by atoms with Crippen molar-refractivity contribution in [3.8, 4) is 11.5 Å². The molecule has 1 aromatic carbocycles. The standard InChI is InChI=1S/C17H18F2N2O4/c18-17(19)24-13-6-5-11(8-14(13)25-17)20-16(23)10-7-15(22)21(9-10)12-3-1-2-4-12/h5-6,8,10,12H,1-4,7,9H2,(H,20,23). The number of ether oxygens (including phenoxy) is 2. The maximum atomic E-state index is 13.0. The molecule has 0 radical (unpaired) electrons. The Kier molecular flexibility index (Phi) is 3.77. The van der Waals surface area contributed by atoms with Crippen LogP contribution >= 0.6 is 0 Å². The number of halogens is 2. The molecule has 1 aliphatic carbocycles. The Balaban J connectivity index is 1.40. The second-order valence-corrected chi connectivity index (χ2v) is 6.70. The summed E-state index contributed by atoms with van der Waals surface area (Å²) in [6, 6.07) is 4.32. The minimum Gasteiger partial charge on any atom is -0.395 e. The van der Waals surface area contributed by atoms with Crippen molar-refractivity contribution in [2.24, 2.45) is 5.92 Å². The fourth-order valence-corrected chi connectivity index (χ4v) is 3.75. The van der Waals surface area contributed by atoms with Gasteiger partial charge in [0, 0.05) is 30.8 Å². The van der Waals surface area contributed by atoms with Crippen LogP contribution in [0.1, 0.15) is 32.1 Å². The summed E-state index contributed by atoms with van der Waals surface area (Å²) in [6.45, 7) is 0.415. The SMILES string of the molecule is O=C(Nc1ccc2c(c1)OC(F)(F)O2)C1CC(=O)N(C2CCCC2)C1. The number of carbonyl (C=O) groups excluding carboxylic acids is 2. The van der Waals surface area contributed by atoms with Crippen LogP contribution in [0, 0.1) is 5.92 Å². The number of hydrogen-bond acceptors (Lipinski definition) is 4. The molecule has 0 bridgehead atoms. The van der Waals surface area contributed by atoms with Crippen LogP contribution in [-0.4, -0.2) is 35.6 Å². The summed E-state index contributed by atoms with van der Waals surface area (Å²) in [5.41, 5.74) is 0.330. The minimum absolute atomic E-state index is 0.0115. The number of hydrogen-bond donors (Lipinski definition) is 1. The molecule has 3 aliphatic rings. The molecule has 134 valence electrons. The molecule has 25 heavy (non-hydrogen) atoms. The molecule has 2 fully saturated rings. The topological polar surface area (TPSA) is 67.9 Å². The van der Waals surface area contributed by atoms with Crippen molar-refractivity contribution in [2.75, 3.05) is 11.9 Å². The molecule has 2 aliphatic heterocycles. The van der Waals surface area contributed by atoms with Gasteiger partial charge in [0.1, 0.15) is 0 Å². The highest BCUT2D eigenvalue weighted by molar-refractivity contribution is 5.97. The van der Waals surface area contributed by atoms with E-state index in [0.29, 0.717) is 12.2 Å². The van der Waals surface area contributed by atoms with Crippen molar-refractivity contribution in [1.82, 2.24) is 4.90 Å². The first-order valence-corrected chi connectivity index (χ1v) is 8.41. The van der Waals surface area contributed by atoms with E-state index in [1.165, 1.54) is 18.2 Å². The summed E-state index contributed by atoms with van der Waals surface area (Å²) in [5, 5.41) is 2.67. The highest BCUT2D eigenvalue weighted by Crippen LogP contribution is 2.42. The molecule has 1 unspecified atom stereocenters. The highest BCUT2D eigenvalue weighted by atomic mass is 19.3. The number of nitrogens with one attached hydrogen (secondary N) is 1. The second kappa shape index (κ2) is 5.86. The largest absolute Gasteiger partial charge is 0.586 e. The molecule has 1 atom stereocenters. The molecule has 2 amide bonds. The van der Waals surface area contributed by atoms with Gasteiger partial charge in [-0.25, -0.2) is 0 Å². The maximum Gasteiger partial charge on any atom is 0.586 e. The van der Waals surface area contributed by atoms with Gasteiger partial charge in [0.05, 0.1) is 5.92 Å². The predicted molar refractivity (Wildman–Crippen MR) is 83.4 cm³/mol. The van der Waals surface area contributed by atoms with Gasteiger partial charge < -0.3 is 19.7 Å². The summed E-state index contributed by atoms with van der Waals surface area (Å²) in [5.74, 6) is -0.916. The first kappa shape index (κ1) is 16.1. The molecule has 2 heterocycles. The zero-order valence-electron chi connectivity index (χ0n) is 13.5. The molecule has 0 aromatic heterocycles. The summed E-state index contributed by atoms with van der Waals surface area (Å²) >= 11 is 0. The van der Waals surface area contributed by atoms with Crippen molar-refractivity contribution in [3.05, 3.63) is 18.2 Å². The van der Waals surface area contributed by atoms with Gasteiger partial charge in [-0.15, -0.1) is 8.78 Å². The van der Waals surface area contributed by atoms with E-state index in [4.69, 9.17) is 0 Å². The summed E-state index contributed by atoms with van der Waals surface area (Å²) in [6.07, 6.45) is 0.725. The van der Waals surface area contributed by atoms with Gasteiger partial charge in [-0.1, -0.05) is 12.8 Å². The number of anilines is 1. The number of fused-ring (bicyclic) bond motifs is 1. The van der Waals surface area contributed by atoms with Crippen LogP contribution in [0.15, 0.2) is 18.2 Å². The third-order valence-corrected chi connectivity index (χ3v) is 4.96. The third kappa shape index (κ3) is 3.12. The van der Waals surface area contributed by atoms with E-state index in [1.54, 1.807) is 0 Å². The minimum atomic E-state index is -3.69. The molecule has 4 rings (SSSR count). The number of amides is 2. The van der Waals surface area contributed by atoms with Gasteiger partial charge in [0.25, 0.3) is 0 Å². The van der Waals surface area contributed by atoms with Crippen molar-refractivity contribution in [3.63, 3.8) is 0 Å². The smallest absolute Gasteiger partial charge is 0.395 e. The zero-order chi connectivity index (χ0) is 17.6. The van der Waals surface area contributed by atoms with Crippen molar-refractivity contribution < 1.29 is 27.8 Å². The Labute approximate surface area is 143 Å². The van der Waals surface area contributed by atoms with Gasteiger partial charge >= 0.3 is 6.29 Å². The zero-order valence-corrected chi connectivity index (χ0v) is 13.5. The van der Waals surface area contributed by atoms with Crippen LogP contribution in [0.4, 0.5) is 14.5 Å². The van der Waals surface area contributed by atoms with Crippen LogP contribution in [0.25, 0.3) is 0 Å². The molecule has 0 spiro atoms. The Morgan fingerprint density at radius 3 is 2.68 bits per heavy atom. The Bertz CT molecular complexity index is 719. The molecule has 1 aromatic rings. The quantitative estimate of drug-likeness (QED) is 0.908. The summed E-state index contributed by atoms with van der Waals surface area (Å²) in [4.78, 5) is 26.4. The van der Waals surface area contributed by atoms with Crippen LogP contribution < -0.4 is 14.8 Å². The molecule has 1 saturated heterocycles. The maximum absolute atomic E-state index is 13.0. The lowest BCUT2D eigenvalue weighted by Crippen LogP contribution is -2.35. The summed E-state index contributed by atoms with van der Waals surface area (Å²) in [7, 11) is 0. The fourth-order valence-electron chi connectivity index (χ4n) is 3.75. The highest BCUT2D eigenvalue weighted by Gasteiger charge is 2.43. The van der Waals surface area contributed by atoms with Crippen molar-refractivity contribution in [2.45, 2.75) is 44.4 Å². The average Bonchev–Trinajstić information content (AvgIpc) is 3.23. The lowest BCUT2D eigenvalue weighted by Gasteiger charge is -2.23. The van der Waals surface area contributed by atoms with Crippen LogP contribution in [0.5, 0.6) is 11.5 Å². The molecule has 1 saturated carbocycles. The molecule has 6 nitrogen and oxygen atoms in total. The number of alkyl halides is 2. The number of likely N-dealkylation sites (tertiary alicyclic amines) is 1. The predicted octanol–water partition coefficient (Wildman–Crippen LogP) is 2.74. The Hall–Kier alpha value is -2.38. The van der Waals surface area contributed by atoms with Gasteiger partial charge in [-0.2, -0.15) is 0 Å². The summed E-state index contributed by atoms with van der Waals surface area (Å²) < 4.78 is 34.8. The van der Waals surface area contributed by atoms with Crippen LogP contribution in [0.3, 0.4) is 0 Å². The normalized spacial score (nSPS) is 24.8. The number of nitrogens with zero attached hydrogens (tertiary/aromatic N) is 1. The van der Waals surface area contributed by atoms with Gasteiger partial charge in [-0.05, 0) is 25.0 Å².